The Bertz CT molecular complexity index is 896. The topological polar surface area (TPSA) is 49.9 Å². The van der Waals surface area contributed by atoms with Crippen LogP contribution >= 0.6 is 11.3 Å². The van der Waals surface area contributed by atoms with Crippen LogP contribution in [0.1, 0.15) is 46.0 Å². The molecule has 5 rings (SSSR count). The van der Waals surface area contributed by atoms with Crippen LogP contribution in [0.15, 0.2) is 42.5 Å². The molecule has 3 atom stereocenters. The molecular weight excluding hydrogens is 360 g/mol. The van der Waals surface area contributed by atoms with Crippen LogP contribution in [0.4, 0.5) is 0 Å². The molecule has 27 heavy (non-hydrogen) atoms. The van der Waals surface area contributed by atoms with Crippen molar-refractivity contribution in [1.29, 1.82) is 0 Å². The highest BCUT2D eigenvalue weighted by atomic mass is 32.1. The largest absolute Gasteiger partial charge is 0.343 e. The summed E-state index contributed by atoms with van der Waals surface area (Å²) in [6.07, 6.45) is 1.85. The number of hydrogen-bond donors (Lipinski definition) is 0. The number of hydrogen-bond acceptors (Lipinski definition) is 4. The van der Waals surface area contributed by atoms with Crippen molar-refractivity contribution in [3.05, 3.63) is 57.8 Å². The van der Waals surface area contributed by atoms with Crippen LogP contribution in [0.5, 0.6) is 0 Å². The van der Waals surface area contributed by atoms with Crippen molar-refractivity contribution < 1.29 is 14.3 Å². The second-order valence-electron chi connectivity index (χ2n) is 7.45. The van der Waals surface area contributed by atoms with E-state index in [9.17, 15) is 9.59 Å². The molecule has 3 saturated heterocycles. The maximum Gasteiger partial charge on any atom is 0.264 e. The van der Waals surface area contributed by atoms with Crippen molar-refractivity contribution in [2.45, 2.75) is 44.1 Å². The zero-order valence-corrected chi connectivity index (χ0v) is 16.1. The van der Waals surface area contributed by atoms with Gasteiger partial charge in [0.25, 0.3) is 5.91 Å². The van der Waals surface area contributed by atoms with Gasteiger partial charge in [0.2, 0.25) is 5.91 Å². The number of carbonyl (C=O) groups excluding carboxylic acids is 2. The fourth-order valence-corrected chi connectivity index (χ4v) is 5.64. The summed E-state index contributed by atoms with van der Waals surface area (Å²) < 4.78 is 6.51. The SMILES string of the molecule is CCc1ccc(C(=O)N2CC[C@@]34O[C@@H](c5ccccc5)CN3C(=O)C[C@@H]24)s1. The molecule has 0 saturated carbocycles. The predicted octanol–water partition coefficient (Wildman–Crippen LogP) is 3.23. The molecule has 1 aromatic heterocycles. The molecule has 1 spiro atoms. The van der Waals surface area contributed by atoms with E-state index in [2.05, 4.69) is 6.92 Å². The number of thiophene rings is 1. The van der Waals surface area contributed by atoms with Crippen LogP contribution < -0.4 is 0 Å². The molecule has 5 nitrogen and oxygen atoms in total. The minimum atomic E-state index is -0.655. The Hall–Kier alpha value is -2.18. The number of likely N-dealkylation sites (tertiary alicyclic amines) is 1. The van der Waals surface area contributed by atoms with E-state index in [0.29, 0.717) is 25.9 Å². The van der Waals surface area contributed by atoms with Crippen molar-refractivity contribution in [3.63, 3.8) is 0 Å². The van der Waals surface area contributed by atoms with Gasteiger partial charge in [-0.2, -0.15) is 0 Å². The number of rotatable bonds is 3. The smallest absolute Gasteiger partial charge is 0.264 e. The van der Waals surface area contributed by atoms with E-state index in [1.54, 1.807) is 11.3 Å². The zero-order valence-electron chi connectivity index (χ0n) is 15.3. The van der Waals surface area contributed by atoms with Gasteiger partial charge in [0.15, 0.2) is 5.72 Å². The van der Waals surface area contributed by atoms with Gasteiger partial charge in [-0.25, -0.2) is 0 Å². The molecule has 4 heterocycles. The molecule has 3 aliphatic rings. The van der Waals surface area contributed by atoms with Crippen molar-refractivity contribution in [3.8, 4) is 0 Å². The van der Waals surface area contributed by atoms with Crippen molar-refractivity contribution in [2.24, 2.45) is 0 Å². The highest BCUT2D eigenvalue weighted by Crippen LogP contribution is 2.51. The molecule has 3 aliphatic heterocycles. The summed E-state index contributed by atoms with van der Waals surface area (Å²) in [6.45, 7) is 3.29. The van der Waals surface area contributed by atoms with Gasteiger partial charge in [-0.15, -0.1) is 11.3 Å². The molecule has 0 radical (unpaired) electrons. The fraction of sp³-hybridized carbons (Fsp3) is 0.429. The van der Waals surface area contributed by atoms with Gasteiger partial charge < -0.3 is 14.5 Å². The predicted molar refractivity (Wildman–Crippen MR) is 102 cm³/mol. The van der Waals surface area contributed by atoms with E-state index in [1.807, 2.05) is 52.3 Å². The maximum atomic E-state index is 13.1. The molecule has 0 unspecified atom stereocenters. The van der Waals surface area contributed by atoms with Crippen LogP contribution in [-0.2, 0) is 16.0 Å². The Kier molecular flexibility index (Phi) is 3.88. The summed E-state index contributed by atoms with van der Waals surface area (Å²) in [5.74, 6) is 0.124. The lowest BCUT2D eigenvalue weighted by molar-refractivity contribution is -0.138. The molecule has 140 valence electrons. The van der Waals surface area contributed by atoms with Gasteiger partial charge in [-0.05, 0) is 24.1 Å². The van der Waals surface area contributed by atoms with Crippen LogP contribution in [0.25, 0.3) is 0 Å². The molecular formula is C21H22N2O3S. The Balaban J connectivity index is 1.43. The van der Waals surface area contributed by atoms with Gasteiger partial charge >= 0.3 is 0 Å². The number of amides is 2. The Morgan fingerprint density at radius 3 is 2.81 bits per heavy atom. The van der Waals surface area contributed by atoms with Crippen molar-refractivity contribution in [1.82, 2.24) is 9.80 Å². The summed E-state index contributed by atoms with van der Waals surface area (Å²) >= 11 is 1.55. The second kappa shape index (κ2) is 6.17. The van der Waals surface area contributed by atoms with E-state index in [0.717, 1.165) is 16.9 Å². The lowest BCUT2D eigenvalue weighted by Crippen LogP contribution is -2.48. The minimum absolute atomic E-state index is 0.0305. The third-order valence-electron chi connectivity index (χ3n) is 6.08. The van der Waals surface area contributed by atoms with E-state index >= 15 is 0 Å². The third-order valence-corrected chi connectivity index (χ3v) is 7.30. The Labute approximate surface area is 162 Å². The molecule has 0 N–H and O–H groups in total. The first-order valence-electron chi connectivity index (χ1n) is 9.55. The normalized spacial score (nSPS) is 29.3. The van der Waals surface area contributed by atoms with Crippen molar-refractivity contribution >= 4 is 23.2 Å². The van der Waals surface area contributed by atoms with Gasteiger partial charge in [0, 0.05) is 17.8 Å². The number of benzene rings is 1. The van der Waals surface area contributed by atoms with Crippen molar-refractivity contribution in [2.75, 3.05) is 13.1 Å². The minimum Gasteiger partial charge on any atom is -0.343 e. The lowest BCUT2D eigenvalue weighted by atomic mass is 10.1. The number of aryl methyl sites for hydroxylation is 1. The average Bonchev–Trinajstić information content (AvgIpc) is 3.43. The second-order valence-corrected chi connectivity index (χ2v) is 8.62. The summed E-state index contributed by atoms with van der Waals surface area (Å²) in [5.41, 5.74) is 0.432. The van der Waals surface area contributed by atoms with Gasteiger partial charge in [0.05, 0.1) is 23.9 Å². The summed E-state index contributed by atoms with van der Waals surface area (Å²) in [7, 11) is 0. The molecule has 3 fully saturated rings. The third kappa shape index (κ3) is 2.47. The summed E-state index contributed by atoms with van der Waals surface area (Å²) in [5, 5.41) is 0. The number of ether oxygens (including phenoxy) is 1. The maximum absolute atomic E-state index is 13.1. The molecule has 0 bridgehead atoms. The monoisotopic (exact) mass is 382 g/mol. The standard InChI is InChI=1S/C21H22N2O3S/c1-2-15-8-9-17(27-15)20(25)22-11-10-21-18(22)12-19(24)23(21)13-16(26-21)14-6-4-3-5-7-14/h3-9,16,18H,2,10-13H2,1H3/t16-,18-,21+/m1/s1. The molecule has 6 heteroatoms. The van der Waals surface area contributed by atoms with Crippen LogP contribution in [0.3, 0.4) is 0 Å². The van der Waals surface area contributed by atoms with E-state index in [1.165, 1.54) is 4.88 Å². The molecule has 0 aliphatic carbocycles. The molecule has 2 aromatic rings. The van der Waals surface area contributed by atoms with Crippen LogP contribution in [0, 0.1) is 0 Å². The quantitative estimate of drug-likeness (QED) is 0.819. The fourth-order valence-electron chi connectivity index (χ4n) is 4.73. The van der Waals surface area contributed by atoms with Gasteiger partial charge in [-0.1, -0.05) is 37.3 Å². The Morgan fingerprint density at radius 2 is 2.07 bits per heavy atom. The Morgan fingerprint density at radius 1 is 1.26 bits per heavy atom. The van der Waals surface area contributed by atoms with Crippen LogP contribution in [0.2, 0.25) is 0 Å². The summed E-state index contributed by atoms with van der Waals surface area (Å²) in [6, 6.07) is 13.8. The first-order chi connectivity index (χ1) is 13.1. The van der Waals surface area contributed by atoms with E-state index in [4.69, 9.17) is 4.74 Å². The zero-order chi connectivity index (χ0) is 18.6. The van der Waals surface area contributed by atoms with Gasteiger partial charge in [0.1, 0.15) is 6.10 Å². The molecule has 2 amide bonds. The highest BCUT2D eigenvalue weighted by molar-refractivity contribution is 7.14. The molecule has 1 aromatic carbocycles. The first kappa shape index (κ1) is 17.0. The van der Waals surface area contributed by atoms with E-state index < -0.39 is 5.72 Å². The average molecular weight is 382 g/mol. The lowest BCUT2D eigenvalue weighted by Gasteiger charge is -2.31. The number of nitrogens with zero attached hydrogens (tertiary/aromatic N) is 2. The van der Waals surface area contributed by atoms with Crippen LogP contribution in [-0.4, -0.2) is 46.5 Å². The number of carbonyl (C=O) groups is 2. The highest BCUT2D eigenvalue weighted by Gasteiger charge is 2.65. The first-order valence-corrected chi connectivity index (χ1v) is 10.4. The van der Waals surface area contributed by atoms with E-state index in [-0.39, 0.29) is 24.0 Å². The summed E-state index contributed by atoms with van der Waals surface area (Å²) in [4.78, 5) is 31.5. The van der Waals surface area contributed by atoms with Gasteiger partial charge in [-0.3, -0.25) is 9.59 Å².